The van der Waals surface area contributed by atoms with Crippen LogP contribution in [0.1, 0.15) is 29.7 Å². The molecular formula is C16H16ClFO2. The Kier molecular flexibility index (Phi) is 4.63. The Hall–Kier alpha value is -1.58. The summed E-state index contributed by atoms with van der Waals surface area (Å²) in [6.45, 7) is 3.89. The molecule has 2 aromatic rings. The monoisotopic (exact) mass is 294 g/mol. The van der Waals surface area contributed by atoms with Gasteiger partial charge in [-0.1, -0.05) is 23.7 Å². The molecule has 0 saturated carbocycles. The molecule has 0 spiro atoms. The summed E-state index contributed by atoms with van der Waals surface area (Å²) in [7, 11) is 0. The van der Waals surface area contributed by atoms with E-state index >= 15 is 0 Å². The van der Waals surface area contributed by atoms with Gasteiger partial charge < -0.3 is 9.84 Å². The summed E-state index contributed by atoms with van der Waals surface area (Å²) in [5.74, 6) is 0.263. The van der Waals surface area contributed by atoms with Gasteiger partial charge in [-0.05, 0) is 54.8 Å². The van der Waals surface area contributed by atoms with Crippen molar-refractivity contribution in [3.63, 3.8) is 0 Å². The number of ether oxygens (including phenoxy) is 1. The molecule has 0 aliphatic carbocycles. The van der Waals surface area contributed by atoms with Crippen molar-refractivity contribution in [3.05, 3.63) is 63.9 Å². The van der Waals surface area contributed by atoms with Crippen molar-refractivity contribution in [2.24, 2.45) is 0 Å². The zero-order valence-electron chi connectivity index (χ0n) is 11.4. The molecule has 2 rings (SSSR count). The Bertz CT molecular complexity index is 611. The van der Waals surface area contributed by atoms with E-state index in [1.807, 2.05) is 25.1 Å². The highest BCUT2D eigenvalue weighted by molar-refractivity contribution is 6.30. The van der Waals surface area contributed by atoms with E-state index in [0.717, 1.165) is 11.1 Å². The molecule has 0 aliphatic rings. The summed E-state index contributed by atoms with van der Waals surface area (Å²) in [6.07, 6.45) is -0.506. The number of rotatable bonds is 4. The minimum Gasteiger partial charge on any atom is -0.489 e. The molecule has 0 saturated heterocycles. The second-order valence-corrected chi connectivity index (χ2v) is 5.15. The first kappa shape index (κ1) is 14.8. The summed E-state index contributed by atoms with van der Waals surface area (Å²) < 4.78 is 19.0. The molecule has 1 N–H and O–H groups in total. The van der Waals surface area contributed by atoms with E-state index in [-0.39, 0.29) is 11.6 Å². The van der Waals surface area contributed by atoms with Crippen LogP contribution in [0.3, 0.4) is 0 Å². The number of halogens is 2. The quantitative estimate of drug-likeness (QED) is 0.904. The predicted molar refractivity (Wildman–Crippen MR) is 77.6 cm³/mol. The molecule has 0 amide bonds. The Balaban J connectivity index is 2.09. The third-order valence-electron chi connectivity index (χ3n) is 3.06. The van der Waals surface area contributed by atoms with Crippen molar-refractivity contribution in [3.8, 4) is 5.75 Å². The van der Waals surface area contributed by atoms with Crippen molar-refractivity contribution in [1.29, 1.82) is 0 Å². The van der Waals surface area contributed by atoms with Crippen LogP contribution in [0.25, 0.3) is 0 Å². The largest absolute Gasteiger partial charge is 0.489 e. The normalized spacial score (nSPS) is 12.2. The van der Waals surface area contributed by atoms with Crippen molar-refractivity contribution in [2.45, 2.75) is 26.6 Å². The first-order valence-electron chi connectivity index (χ1n) is 6.32. The van der Waals surface area contributed by atoms with Crippen molar-refractivity contribution >= 4 is 11.6 Å². The summed E-state index contributed by atoms with van der Waals surface area (Å²) >= 11 is 5.63. The molecule has 1 atom stereocenters. The van der Waals surface area contributed by atoms with Gasteiger partial charge in [-0.2, -0.15) is 0 Å². The first-order valence-corrected chi connectivity index (χ1v) is 6.70. The van der Waals surface area contributed by atoms with Gasteiger partial charge in [0, 0.05) is 0 Å². The van der Waals surface area contributed by atoms with E-state index in [9.17, 15) is 9.50 Å². The predicted octanol–water partition coefficient (Wildman–Crippen LogP) is 4.42. The van der Waals surface area contributed by atoms with Gasteiger partial charge in [0.15, 0.2) is 0 Å². The molecule has 2 nitrogen and oxygen atoms in total. The minimum absolute atomic E-state index is 0.103. The zero-order valence-corrected chi connectivity index (χ0v) is 12.1. The second kappa shape index (κ2) is 6.25. The zero-order chi connectivity index (χ0) is 14.7. The molecule has 0 unspecified atom stereocenters. The van der Waals surface area contributed by atoms with Crippen LogP contribution in [0.5, 0.6) is 5.75 Å². The van der Waals surface area contributed by atoms with E-state index in [2.05, 4.69) is 0 Å². The lowest BCUT2D eigenvalue weighted by Gasteiger charge is -2.12. The average Bonchev–Trinajstić information content (AvgIpc) is 2.41. The van der Waals surface area contributed by atoms with Crippen molar-refractivity contribution < 1.29 is 14.2 Å². The molecule has 0 heterocycles. The molecule has 0 aromatic heterocycles. The van der Waals surface area contributed by atoms with Gasteiger partial charge in [0.25, 0.3) is 0 Å². The van der Waals surface area contributed by atoms with Crippen LogP contribution < -0.4 is 4.74 Å². The van der Waals surface area contributed by atoms with Crippen molar-refractivity contribution in [1.82, 2.24) is 0 Å². The van der Waals surface area contributed by atoms with E-state index < -0.39 is 11.9 Å². The average molecular weight is 295 g/mol. The van der Waals surface area contributed by atoms with Gasteiger partial charge >= 0.3 is 0 Å². The topological polar surface area (TPSA) is 29.5 Å². The number of aryl methyl sites for hydroxylation is 1. The molecule has 0 bridgehead atoms. The second-order valence-electron chi connectivity index (χ2n) is 4.74. The lowest BCUT2D eigenvalue weighted by Crippen LogP contribution is -1.99. The molecule has 0 radical (unpaired) electrons. The van der Waals surface area contributed by atoms with Crippen LogP contribution in [0.15, 0.2) is 36.4 Å². The maximum absolute atomic E-state index is 13.3. The standard InChI is InChI=1S/C16H16ClFO2/c1-10-7-13(11(2)19)4-6-16(10)20-9-12-3-5-14(17)15(18)8-12/h3-8,11,19H,9H2,1-2H3/t11-/m0/s1. The molecule has 106 valence electrons. The van der Waals surface area contributed by atoms with Gasteiger partial charge in [0.1, 0.15) is 18.2 Å². The van der Waals surface area contributed by atoms with Gasteiger partial charge in [0.2, 0.25) is 0 Å². The van der Waals surface area contributed by atoms with E-state index in [1.165, 1.54) is 12.1 Å². The maximum atomic E-state index is 13.3. The third-order valence-corrected chi connectivity index (χ3v) is 3.37. The Morgan fingerprint density at radius 3 is 2.60 bits per heavy atom. The molecule has 0 fully saturated rings. The van der Waals surface area contributed by atoms with Crippen LogP contribution in [0.4, 0.5) is 4.39 Å². The number of hydrogen-bond acceptors (Lipinski definition) is 2. The first-order chi connectivity index (χ1) is 9.47. The smallest absolute Gasteiger partial charge is 0.142 e. The van der Waals surface area contributed by atoms with Crippen LogP contribution in [0.2, 0.25) is 5.02 Å². The highest BCUT2D eigenvalue weighted by atomic mass is 35.5. The Morgan fingerprint density at radius 2 is 2.00 bits per heavy atom. The molecule has 2 aromatic carbocycles. The fourth-order valence-corrected chi connectivity index (χ4v) is 2.00. The van der Waals surface area contributed by atoms with Gasteiger partial charge in [-0.3, -0.25) is 0 Å². The molecule has 4 heteroatoms. The number of aliphatic hydroxyl groups is 1. The number of hydrogen-bond donors (Lipinski definition) is 1. The third kappa shape index (κ3) is 3.50. The highest BCUT2D eigenvalue weighted by Gasteiger charge is 2.06. The molecular weight excluding hydrogens is 279 g/mol. The summed E-state index contributed by atoms with van der Waals surface area (Å²) in [4.78, 5) is 0. The van der Waals surface area contributed by atoms with Crippen molar-refractivity contribution in [2.75, 3.05) is 0 Å². The summed E-state index contributed by atoms with van der Waals surface area (Å²) in [5.41, 5.74) is 2.48. The highest BCUT2D eigenvalue weighted by Crippen LogP contribution is 2.24. The Labute approximate surface area is 122 Å². The number of aliphatic hydroxyl groups excluding tert-OH is 1. The van der Waals surface area contributed by atoms with Crippen LogP contribution in [-0.4, -0.2) is 5.11 Å². The fraction of sp³-hybridized carbons (Fsp3) is 0.250. The number of benzene rings is 2. The summed E-state index contributed by atoms with van der Waals surface area (Å²) in [5, 5.41) is 9.61. The van der Waals surface area contributed by atoms with E-state index in [0.29, 0.717) is 11.3 Å². The van der Waals surface area contributed by atoms with Gasteiger partial charge in [-0.25, -0.2) is 4.39 Å². The SMILES string of the molecule is Cc1cc([C@H](C)O)ccc1OCc1ccc(Cl)c(F)c1. The Morgan fingerprint density at radius 1 is 1.25 bits per heavy atom. The van der Waals surface area contributed by atoms with Gasteiger partial charge in [-0.15, -0.1) is 0 Å². The van der Waals surface area contributed by atoms with E-state index in [1.54, 1.807) is 13.0 Å². The van der Waals surface area contributed by atoms with Crippen LogP contribution in [0, 0.1) is 12.7 Å². The van der Waals surface area contributed by atoms with E-state index in [4.69, 9.17) is 16.3 Å². The minimum atomic E-state index is -0.506. The maximum Gasteiger partial charge on any atom is 0.142 e. The van der Waals surface area contributed by atoms with Crippen LogP contribution in [-0.2, 0) is 6.61 Å². The summed E-state index contributed by atoms with van der Waals surface area (Å²) in [6, 6.07) is 10.1. The lowest BCUT2D eigenvalue weighted by molar-refractivity contribution is 0.199. The van der Waals surface area contributed by atoms with Gasteiger partial charge in [0.05, 0.1) is 11.1 Å². The molecule has 0 aliphatic heterocycles. The molecule has 20 heavy (non-hydrogen) atoms. The lowest BCUT2D eigenvalue weighted by atomic mass is 10.1. The fourth-order valence-electron chi connectivity index (χ4n) is 1.88. The van der Waals surface area contributed by atoms with Crippen LogP contribution >= 0.6 is 11.6 Å².